The smallest absolute Gasteiger partial charge is 0.251 e. The molecule has 0 aromatic heterocycles. The quantitative estimate of drug-likeness (QED) is 0.820. The Kier molecular flexibility index (Phi) is 5.48. The normalized spacial score (nSPS) is 23.1. The number of nitrogens with zero attached hydrogens (tertiary/aromatic N) is 1. The van der Waals surface area contributed by atoms with Crippen molar-refractivity contribution in [3.05, 3.63) is 29.8 Å². The molecule has 2 atom stereocenters. The van der Waals surface area contributed by atoms with Crippen molar-refractivity contribution in [1.29, 1.82) is 0 Å². The number of halogens is 1. The van der Waals surface area contributed by atoms with Crippen molar-refractivity contribution in [2.45, 2.75) is 25.3 Å². The van der Waals surface area contributed by atoms with Crippen LogP contribution in [0.1, 0.15) is 29.6 Å². The average Bonchev–Trinajstić information content (AvgIpc) is 3.17. The predicted octanol–water partition coefficient (Wildman–Crippen LogP) is 2.33. The molecule has 1 aromatic rings. The number of likely N-dealkylation sites (tertiary alicyclic amines) is 1. The van der Waals surface area contributed by atoms with Crippen LogP contribution in [-0.4, -0.2) is 43.6 Å². The summed E-state index contributed by atoms with van der Waals surface area (Å²) < 4.78 is 5.72. The summed E-state index contributed by atoms with van der Waals surface area (Å²) in [5.74, 6) is 1.78. The molecule has 1 aliphatic heterocycles. The van der Waals surface area contributed by atoms with Crippen LogP contribution in [-0.2, 0) is 0 Å². The van der Waals surface area contributed by atoms with Gasteiger partial charge >= 0.3 is 0 Å². The standard InChI is InChI=1S/C16H22N2O2.ClH/c1-17-16(19)12-3-5-14(6-4-12)20-10-2-8-18-9-7-13-11-15(13)18;/h3-6,13,15H,2,7-11H2,1H3,(H,17,19);1H/t13-,15+;/m1./s1. The molecule has 0 spiro atoms. The molecule has 1 saturated carbocycles. The topological polar surface area (TPSA) is 41.6 Å². The van der Waals surface area contributed by atoms with Gasteiger partial charge in [0.15, 0.2) is 0 Å². The lowest BCUT2D eigenvalue weighted by Gasteiger charge is -2.17. The minimum absolute atomic E-state index is 0. The van der Waals surface area contributed by atoms with E-state index in [2.05, 4.69) is 10.2 Å². The number of hydrogen-bond acceptors (Lipinski definition) is 3. The van der Waals surface area contributed by atoms with E-state index in [-0.39, 0.29) is 18.3 Å². The molecule has 21 heavy (non-hydrogen) atoms. The van der Waals surface area contributed by atoms with E-state index in [0.29, 0.717) is 5.56 Å². The number of ether oxygens (including phenoxy) is 1. The third kappa shape index (κ3) is 3.89. The van der Waals surface area contributed by atoms with Gasteiger partial charge in [0.2, 0.25) is 0 Å². The molecular weight excluding hydrogens is 288 g/mol. The maximum Gasteiger partial charge on any atom is 0.251 e. The second-order valence-corrected chi connectivity index (χ2v) is 5.69. The fraction of sp³-hybridized carbons (Fsp3) is 0.562. The number of carbonyl (C=O) groups excluding carboxylic acids is 1. The third-order valence-corrected chi connectivity index (χ3v) is 4.34. The Hall–Kier alpha value is -1.26. The maximum absolute atomic E-state index is 11.4. The molecule has 1 N–H and O–H groups in total. The lowest BCUT2D eigenvalue weighted by atomic mass is 10.2. The Bertz CT molecular complexity index is 478. The molecule has 1 aliphatic carbocycles. The van der Waals surface area contributed by atoms with Crippen LogP contribution in [0.15, 0.2) is 24.3 Å². The number of amides is 1. The van der Waals surface area contributed by atoms with Gasteiger partial charge in [0.05, 0.1) is 6.61 Å². The third-order valence-electron chi connectivity index (χ3n) is 4.34. The van der Waals surface area contributed by atoms with Crippen LogP contribution in [0, 0.1) is 5.92 Å². The number of nitrogens with one attached hydrogen (secondary N) is 1. The first-order chi connectivity index (χ1) is 9.78. The molecule has 1 amide bonds. The van der Waals surface area contributed by atoms with Crippen LogP contribution in [0.2, 0.25) is 0 Å². The summed E-state index contributed by atoms with van der Waals surface area (Å²) in [7, 11) is 1.63. The van der Waals surface area contributed by atoms with Crippen LogP contribution in [0.5, 0.6) is 5.75 Å². The second kappa shape index (κ2) is 7.14. The van der Waals surface area contributed by atoms with E-state index in [1.807, 2.05) is 12.1 Å². The van der Waals surface area contributed by atoms with Crippen molar-refractivity contribution >= 4 is 18.3 Å². The van der Waals surface area contributed by atoms with E-state index < -0.39 is 0 Å². The number of hydrogen-bond donors (Lipinski definition) is 1. The van der Waals surface area contributed by atoms with E-state index in [9.17, 15) is 4.79 Å². The van der Waals surface area contributed by atoms with Crippen molar-refractivity contribution in [2.24, 2.45) is 5.92 Å². The monoisotopic (exact) mass is 310 g/mol. The summed E-state index contributed by atoms with van der Waals surface area (Å²) in [6, 6.07) is 8.20. The number of carbonyl (C=O) groups is 1. The zero-order valence-corrected chi connectivity index (χ0v) is 13.2. The van der Waals surface area contributed by atoms with Gasteiger partial charge in [0.25, 0.3) is 5.91 Å². The van der Waals surface area contributed by atoms with Gasteiger partial charge in [-0.1, -0.05) is 0 Å². The number of fused-ring (bicyclic) bond motifs is 1. The Labute approximate surface area is 132 Å². The molecule has 0 unspecified atom stereocenters. The minimum Gasteiger partial charge on any atom is -0.494 e. The highest BCUT2D eigenvalue weighted by atomic mass is 35.5. The van der Waals surface area contributed by atoms with Crippen LogP contribution in [0.3, 0.4) is 0 Å². The van der Waals surface area contributed by atoms with Crippen LogP contribution >= 0.6 is 12.4 Å². The molecule has 3 rings (SSSR count). The highest BCUT2D eigenvalue weighted by Crippen LogP contribution is 2.44. The van der Waals surface area contributed by atoms with Crippen molar-refractivity contribution in [1.82, 2.24) is 10.2 Å². The van der Waals surface area contributed by atoms with Gasteiger partial charge in [-0.2, -0.15) is 0 Å². The molecule has 4 nitrogen and oxygen atoms in total. The predicted molar refractivity (Wildman–Crippen MR) is 85.3 cm³/mol. The molecular formula is C16H23ClN2O2. The van der Waals surface area contributed by atoms with E-state index in [0.717, 1.165) is 37.3 Å². The molecule has 116 valence electrons. The van der Waals surface area contributed by atoms with Crippen molar-refractivity contribution in [3.8, 4) is 5.75 Å². The van der Waals surface area contributed by atoms with Gasteiger partial charge in [-0.25, -0.2) is 0 Å². The molecule has 5 heteroatoms. The SMILES string of the molecule is CNC(=O)c1ccc(OCCCN2CC[C@@H]3C[C@@H]32)cc1.Cl. The first-order valence-corrected chi connectivity index (χ1v) is 7.47. The summed E-state index contributed by atoms with van der Waals surface area (Å²) in [5.41, 5.74) is 0.664. The molecule has 0 radical (unpaired) electrons. The van der Waals surface area contributed by atoms with Gasteiger partial charge in [-0.3, -0.25) is 9.69 Å². The van der Waals surface area contributed by atoms with Crippen molar-refractivity contribution in [2.75, 3.05) is 26.7 Å². The van der Waals surface area contributed by atoms with Crippen molar-refractivity contribution < 1.29 is 9.53 Å². The summed E-state index contributed by atoms with van der Waals surface area (Å²) in [5, 5.41) is 2.61. The van der Waals surface area contributed by atoms with Gasteiger partial charge in [0.1, 0.15) is 5.75 Å². The Morgan fingerprint density at radius 2 is 2.14 bits per heavy atom. The average molecular weight is 311 g/mol. The number of piperidine rings is 1. The molecule has 2 aliphatic rings. The van der Waals surface area contributed by atoms with Gasteiger partial charge in [0, 0.05) is 25.2 Å². The van der Waals surface area contributed by atoms with Gasteiger partial charge < -0.3 is 10.1 Å². The molecule has 1 heterocycles. The lowest BCUT2D eigenvalue weighted by Crippen LogP contribution is -2.25. The Balaban J connectivity index is 0.00000161. The van der Waals surface area contributed by atoms with Gasteiger partial charge in [-0.15, -0.1) is 12.4 Å². The maximum atomic E-state index is 11.4. The molecule has 2 fully saturated rings. The van der Waals surface area contributed by atoms with Crippen LogP contribution in [0.4, 0.5) is 0 Å². The second-order valence-electron chi connectivity index (χ2n) is 5.69. The van der Waals surface area contributed by atoms with Gasteiger partial charge in [-0.05, 0) is 56.0 Å². The highest BCUT2D eigenvalue weighted by Gasteiger charge is 2.46. The summed E-state index contributed by atoms with van der Waals surface area (Å²) in [4.78, 5) is 14.0. The fourth-order valence-corrected chi connectivity index (χ4v) is 3.07. The van der Waals surface area contributed by atoms with E-state index >= 15 is 0 Å². The minimum atomic E-state index is -0.0652. The fourth-order valence-electron chi connectivity index (χ4n) is 3.07. The number of benzene rings is 1. The molecule has 1 aromatic carbocycles. The Morgan fingerprint density at radius 3 is 2.71 bits per heavy atom. The van der Waals surface area contributed by atoms with E-state index in [1.54, 1.807) is 19.2 Å². The lowest BCUT2D eigenvalue weighted by molar-refractivity contribution is 0.0963. The van der Waals surface area contributed by atoms with E-state index in [4.69, 9.17) is 4.74 Å². The molecule has 1 saturated heterocycles. The van der Waals surface area contributed by atoms with Crippen LogP contribution < -0.4 is 10.1 Å². The van der Waals surface area contributed by atoms with E-state index in [1.165, 1.54) is 19.4 Å². The number of rotatable bonds is 6. The zero-order chi connectivity index (χ0) is 13.9. The Morgan fingerprint density at radius 1 is 1.38 bits per heavy atom. The van der Waals surface area contributed by atoms with Crippen molar-refractivity contribution in [3.63, 3.8) is 0 Å². The largest absolute Gasteiger partial charge is 0.494 e. The summed E-state index contributed by atoms with van der Waals surface area (Å²) >= 11 is 0. The first kappa shape index (κ1) is 16.1. The highest BCUT2D eigenvalue weighted by molar-refractivity contribution is 5.94. The molecule has 0 bridgehead atoms. The van der Waals surface area contributed by atoms with Crippen LogP contribution in [0.25, 0.3) is 0 Å². The zero-order valence-electron chi connectivity index (χ0n) is 12.4. The first-order valence-electron chi connectivity index (χ1n) is 7.47. The summed E-state index contributed by atoms with van der Waals surface area (Å²) in [6.45, 7) is 3.17. The summed E-state index contributed by atoms with van der Waals surface area (Å²) in [6.07, 6.45) is 3.88.